The van der Waals surface area contributed by atoms with Crippen LogP contribution in [0.3, 0.4) is 0 Å². The van der Waals surface area contributed by atoms with E-state index < -0.39 is 30.8 Å². The highest BCUT2D eigenvalue weighted by atomic mass is 19.3. The first kappa shape index (κ1) is 23.7. The average molecular weight is 441 g/mol. The van der Waals surface area contributed by atoms with E-state index in [4.69, 9.17) is 0 Å². The van der Waals surface area contributed by atoms with Gasteiger partial charge in [0.1, 0.15) is 18.0 Å². The van der Waals surface area contributed by atoms with Crippen molar-refractivity contribution < 1.29 is 41.4 Å². The molecule has 1 amide bonds. The summed E-state index contributed by atoms with van der Waals surface area (Å²) in [6.45, 7) is -6.61. The van der Waals surface area contributed by atoms with E-state index in [1.165, 1.54) is 24.2 Å². The predicted octanol–water partition coefficient (Wildman–Crippen LogP) is 4.10. The van der Waals surface area contributed by atoms with Crippen LogP contribution in [0, 0.1) is 0 Å². The van der Waals surface area contributed by atoms with Gasteiger partial charge < -0.3 is 19.1 Å². The summed E-state index contributed by atoms with van der Waals surface area (Å²) < 4.78 is 63.2. The maximum Gasteiger partial charge on any atom is 0.387 e. The first-order valence-corrected chi connectivity index (χ1v) is 8.90. The highest BCUT2D eigenvalue weighted by Gasteiger charge is 2.17. The lowest BCUT2D eigenvalue weighted by molar-refractivity contribution is -0.145. The summed E-state index contributed by atoms with van der Waals surface area (Å²) in [5.74, 6) is -2.09. The maximum absolute atomic E-state index is 12.7. The maximum atomic E-state index is 12.7. The quantitative estimate of drug-likeness (QED) is 0.316. The van der Waals surface area contributed by atoms with Crippen molar-refractivity contribution in [2.75, 3.05) is 13.7 Å². The third kappa shape index (κ3) is 8.00. The SMILES string of the molecule is COC(=O)CN(Cc1ccccc1)C(=O)/C=C/c1ccc(OC(F)F)cc1OC(F)F. The van der Waals surface area contributed by atoms with Gasteiger partial charge in [0.15, 0.2) is 0 Å². The minimum atomic E-state index is -3.22. The number of carbonyl (C=O) groups excluding carboxylic acids is 2. The van der Waals surface area contributed by atoms with Crippen molar-refractivity contribution in [3.63, 3.8) is 0 Å². The van der Waals surface area contributed by atoms with Crippen LogP contribution in [0.2, 0.25) is 0 Å². The molecule has 0 saturated heterocycles. The standard InChI is InChI=1S/C21H19F4NO5/c1-29-19(28)13-26(12-14-5-3-2-4-6-14)18(27)10-8-15-7-9-16(30-20(22)23)11-17(15)31-21(24)25/h2-11,20-21H,12-13H2,1H3/b10-8+. The molecule has 0 spiro atoms. The van der Waals surface area contributed by atoms with E-state index in [9.17, 15) is 27.2 Å². The molecule has 0 bridgehead atoms. The molecule has 166 valence electrons. The topological polar surface area (TPSA) is 65.1 Å². The fourth-order valence-corrected chi connectivity index (χ4v) is 2.53. The summed E-state index contributed by atoms with van der Waals surface area (Å²) in [5, 5.41) is 0. The van der Waals surface area contributed by atoms with Crippen LogP contribution in [0.1, 0.15) is 11.1 Å². The molecule has 0 heterocycles. The summed E-state index contributed by atoms with van der Waals surface area (Å²) in [4.78, 5) is 25.5. The van der Waals surface area contributed by atoms with Gasteiger partial charge in [-0.15, -0.1) is 0 Å². The van der Waals surface area contributed by atoms with Crippen LogP contribution in [0.5, 0.6) is 11.5 Å². The summed E-state index contributed by atoms with van der Waals surface area (Å²) in [6, 6.07) is 12.0. The molecular formula is C21H19F4NO5. The Hall–Kier alpha value is -3.56. The van der Waals surface area contributed by atoms with E-state index in [0.29, 0.717) is 0 Å². The van der Waals surface area contributed by atoms with Gasteiger partial charge in [0, 0.05) is 24.3 Å². The summed E-state index contributed by atoms with van der Waals surface area (Å²) >= 11 is 0. The molecule has 0 radical (unpaired) electrons. The van der Waals surface area contributed by atoms with Crippen LogP contribution < -0.4 is 9.47 Å². The van der Waals surface area contributed by atoms with E-state index in [-0.39, 0.29) is 24.4 Å². The van der Waals surface area contributed by atoms with Crippen molar-refractivity contribution in [3.8, 4) is 11.5 Å². The van der Waals surface area contributed by atoms with Crippen LogP contribution in [0.15, 0.2) is 54.6 Å². The van der Waals surface area contributed by atoms with Gasteiger partial charge in [-0.3, -0.25) is 9.59 Å². The molecule has 0 atom stereocenters. The van der Waals surface area contributed by atoms with Crippen LogP contribution in [0.25, 0.3) is 6.08 Å². The number of nitrogens with zero attached hydrogens (tertiary/aromatic N) is 1. The van der Waals surface area contributed by atoms with E-state index in [0.717, 1.165) is 23.8 Å². The monoisotopic (exact) mass is 441 g/mol. The normalized spacial score (nSPS) is 11.1. The molecule has 0 N–H and O–H groups in total. The molecule has 6 nitrogen and oxygen atoms in total. The Morgan fingerprint density at radius 3 is 2.29 bits per heavy atom. The van der Waals surface area contributed by atoms with Gasteiger partial charge in [0.05, 0.1) is 7.11 Å². The molecule has 2 aromatic carbocycles. The van der Waals surface area contributed by atoms with Crippen LogP contribution in [-0.2, 0) is 20.9 Å². The van der Waals surface area contributed by atoms with E-state index in [1.807, 2.05) is 0 Å². The van der Waals surface area contributed by atoms with Crippen molar-refractivity contribution >= 4 is 18.0 Å². The Morgan fingerprint density at radius 2 is 1.68 bits per heavy atom. The average Bonchev–Trinajstić information content (AvgIpc) is 2.72. The molecule has 31 heavy (non-hydrogen) atoms. The summed E-state index contributed by atoms with van der Waals surface area (Å²) in [7, 11) is 1.18. The van der Waals surface area contributed by atoms with Crippen molar-refractivity contribution in [2.45, 2.75) is 19.8 Å². The molecular weight excluding hydrogens is 422 g/mol. The van der Waals surface area contributed by atoms with Gasteiger partial charge >= 0.3 is 19.2 Å². The number of methoxy groups -OCH3 is 1. The minimum absolute atomic E-state index is 0.0213. The lowest BCUT2D eigenvalue weighted by Gasteiger charge is -2.20. The van der Waals surface area contributed by atoms with Crippen molar-refractivity contribution in [1.29, 1.82) is 0 Å². The van der Waals surface area contributed by atoms with E-state index >= 15 is 0 Å². The number of esters is 1. The van der Waals surface area contributed by atoms with Crippen LogP contribution >= 0.6 is 0 Å². The fraction of sp³-hybridized carbons (Fsp3) is 0.238. The molecule has 0 aromatic heterocycles. The first-order chi connectivity index (χ1) is 14.8. The summed E-state index contributed by atoms with van der Waals surface area (Å²) in [5.41, 5.74) is 0.774. The molecule has 0 unspecified atom stereocenters. The number of hydrogen-bond donors (Lipinski definition) is 0. The molecule has 0 fully saturated rings. The number of halogens is 4. The number of carbonyl (C=O) groups is 2. The predicted molar refractivity (Wildman–Crippen MR) is 103 cm³/mol. The number of alkyl halides is 4. The third-order valence-corrected chi connectivity index (χ3v) is 3.91. The molecule has 0 aliphatic carbocycles. The third-order valence-electron chi connectivity index (χ3n) is 3.91. The fourth-order valence-electron chi connectivity index (χ4n) is 2.53. The number of rotatable bonds is 10. The Morgan fingerprint density at radius 1 is 1.00 bits per heavy atom. The number of amides is 1. The van der Waals surface area contributed by atoms with Gasteiger partial charge in [0.25, 0.3) is 0 Å². The zero-order valence-electron chi connectivity index (χ0n) is 16.3. The Balaban J connectivity index is 2.24. The van der Waals surface area contributed by atoms with Crippen molar-refractivity contribution in [2.24, 2.45) is 0 Å². The Bertz CT molecular complexity index is 906. The largest absolute Gasteiger partial charge is 0.468 e. The summed E-state index contributed by atoms with van der Waals surface area (Å²) in [6.07, 6.45) is 2.22. The lowest BCUT2D eigenvalue weighted by atomic mass is 10.1. The van der Waals surface area contributed by atoms with Gasteiger partial charge in [0.2, 0.25) is 5.91 Å². The highest BCUT2D eigenvalue weighted by molar-refractivity contribution is 5.94. The molecule has 2 aromatic rings. The van der Waals surface area contributed by atoms with Crippen LogP contribution in [-0.4, -0.2) is 43.7 Å². The smallest absolute Gasteiger partial charge is 0.387 e. The second-order valence-corrected chi connectivity index (χ2v) is 6.05. The Labute approximate surface area is 175 Å². The highest BCUT2D eigenvalue weighted by Crippen LogP contribution is 2.28. The van der Waals surface area contributed by atoms with Crippen molar-refractivity contribution in [1.82, 2.24) is 4.90 Å². The van der Waals surface area contributed by atoms with E-state index in [2.05, 4.69) is 14.2 Å². The number of hydrogen-bond acceptors (Lipinski definition) is 5. The molecule has 0 saturated carbocycles. The van der Waals surface area contributed by atoms with Crippen molar-refractivity contribution in [3.05, 3.63) is 65.7 Å². The van der Waals surface area contributed by atoms with Gasteiger partial charge in [-0.2, -0.15) is 17.6 Å². The number of benzene rings is 2. The second kappa shape index (κ2) is 11.6. The lowest BCUT2D eigenvalue weighted by Crippen LogP contribution is -2.34. The van der Waals surface area contributed by atoms with Gasteiger partial charge in [-0.25, -0.2) is 0 Å². The van der Waals surface area contributed by atoms with E-state index in [1.54, 1.807) is 30.3 Å². The minimum Gasteiger partial charge on any atom is -0.468 e. The van der Waals surface area contributed by atoms with Gasteiger partial charge in [-0.05, 0) is 23.8 Å². The molecule has 0 aliphatic heterocycles. The van der Waals surface area contributed by atoms with Crippen LogP contribution in [0.4, 0.5) is 17.6 Å². The Kier molecular flexibility index (Phi) is 8.86. The van der Waals surface area contributed by atoms with Gasteiger partial charge in [-0.1, -0.05) is 30.3 Å². The second-order valence-electron chi connectivity index (χ2n) is 6.05. The zero-order chi connectivity index (χ0) is 22.8. The molecule has 10 heteroatoms. The molecule has 0 aliphatic rings. The number of ether oxygens (including phenoxy) is 3. The first-order valence-electron chi connectivity index (χ1n) is 8.90. The molecule has 2 rings (SSSR count). The zero-order valence-corrected chi connectivity index (χ0v) is 16.3.